The van der Waals surface area contributed by atoms with Gasteiger partial charge in [0, 0.05) is 12.6 Å². The minimum absolute atomic E-state index is 0.380. The highest BCUT2D eigenvalue weighted by molar-refractivity contribution is 5.78. The molecular weight excluding hydrogens is 320 g/mol. The zero-order valence-electron chi connectivity index (χ0n) is 14.3. The van der Waals surface area contributed by atoms with Crippen molar-refractivity contribution in [1.82, 2.24) is 20.3 Å². The van der Waals surface area contributed by atoms with E-state index < -0.39 is 0 Å². The smallest absolute Gasteiger partial charge is 0.245 e. The van der Waals surface area contributed by atoms with Crippen LogP contribution in [0.15, 0.2) is 28.9 Å². The van der Waals surface area contributed by atoms with E-state index in [1.54, 1.807) is 7.11 Å². The van der Waals surface area contributed by atoms with Crippen LogP contribution in [0.5, 0.6) is 5.75 Å². The van der Waals surface area contributed by atoms with Gasteiger partial charge in [-0.1, -0.05) is 12.1 Å². The van der Waals surface area contributed by atoms with Crippen LogP contribution in [0.4, 0.5) is 17.3 Å². The summed E-state index contributed by atoms with van der Waals surface area (Å²) < 4.78 is 10.2. The fraction of sp³-hybridized carbons (Fsp3) is 0.412. The first kappa shape index (κ1) is 15.6. The maximum atomic E-state index is 5.43. The largest absolute Gasteiger partial charge is 0.495 e. The topological polar surface area (TPSA) is 89.2 Å². The number of benzene rings is 1. The fourth-order valence-electron chi connectivity index (χ4n) is 3.20. The van der Waals surface area contributed by atoms with Crippen molar-refractivity contribution in [3.63, 3.8) is 0 Å². The number of ether oxygens (including phenoxy) is 1. The third-order valence-corrected chi connectivity index (χ3v) is 4.53. The van der Waals surface area contributed by atoms with Gasteiger partial charge in [-0.25, -0.2) is 14.6 Å². The monoisotopic (exact) mass is 340 g/mol. The molecule has 3 heterocycles. The number of hydrogen-bond donors (Lipinski definition) is 1. The molecule has 0 radical (unpaired) electrons. The van der Waals surface area contributed by atoms with Gasteiger partial charge in [0.15, 0.2) is 11.6 Å². The molecule has 0 spiro atoms. The molecule has 130 valence electrons. The second-order valence-electron chi connectivity index (χ2n) is 6.17. The molecule has 8 nitrogen and oxygen atoms in total. The normalized spacial score (nSPS) is 17.7. The van der Waals surface area contributed by atoms with Crippen molar-refractivity contribution in [3.05, 3.63) is 24.3 Å². The molecule has 1 saturated heterocycles. The summed E-state index contributed by atoms with van der Waals surface area (Å²) in [5, 5.41) is 11.0. The zero-order valence-corrected chi connectivity index (χ0v) is 14.3. The van der Waals surface area contributed by atoms with Crippen LogP contribution in [0.2, 0.25) is 0 Å². The number of nitrogens with zero attached hydrogens (tertiary/aromatic N) is 5. The average molecular weight is 340 g/mol. The Morgan fingerprint density at radius 2 is 1.96 bits per heavy atom. The number of hydrogen-bond acceptors (Lipinski definition) is 8. The standard InChI is InChI=1S/C17H20N6O2/c1-11-7-5-6-10-23(11)17-16(19-14-15(20-17)22-25-21-14)18-12-8-3-4-9-13(12)24-2/h3-4,8-9,11H,5-7,10H2,1-2H3,(H,18,19,21)/t11-/m1/s1. The fourth-order valence-corrected chi connectivity index (χ4v) is 3.20. The maximum Gasteiger partial charge on any atom is 0.245 e. The van der Waals surface area contributed by atoms with Crippen molar-refractivity contribution in [2.45, 2.75) is 32.2 Å². The molecule has 8 heteroatoms. The van der Waals surface area contributed by atoms with Crippen LogP contribution >= 0.6 is 0 Å². The van der Waals surface area contributed by atoms with Crippen LogP contribution in [-0.2, 0) is 0 Å². The van der Waals surface area contributed by atoms with Crippen molar-refractivity contribution in [2.24, 2.45) is 0 Å². The quantitative estimate of drug-likeness (QED) is 0.775. The molecule has 1 fully saturated rings. The van der Waals surface area contributed by atoms with E-state index in [1.165, 1.54) is 6.42 Å². The molecule has 1 N–H and O–H groups in total. The molecule has 0 aliphatic carbocycles. The van der Waals surface area contributed by atoms with Gasteiger partial charge in [0.25, 0.3) is 0 Å². The summed E-state index contributed by atoms with van der Waals surface area (Å²) >= 11 is 0. The van der Waals surface area contributed by atoms with Gasteiger partial charge in [-0.05, 0) is 48.6 Å². The lowest BCUT2D eigenvalue weighted by Crippen LogP contribution is -2.38. The summed E-state index contributed by atoms with van der Waals surface area (Å²) in [7, 11) is 1.64. The van der Waals surface area contributed by atoms with Gasteiger partial charge in [0.2, 0.25) is 11.3 Å². The van der Waals surface area contributed by atoms with Gasteiger partial charge < -0.3 is 15.0 Å². The molecule has 1 aliphatic heterocycles. The molecule has 0 bridgehead atoms. The van der Waals surface area contributed by atoms with Crippen LogP contribution in [0.25, 0.3) is 11.3 Å². The highest BCUT2D eigenvalue weighted by atomic mass is 16.6. The van der Waals surface area contributed by atoms with Crippen LogP contribution in [0, 0.1) is 0 Å². The van der Waals surface area contributed by atoms with E-state index >= 15 is 0 Å². The molecule has 4 rings (SSSR count). The Kier molecular flexibility index (Phi) is 4.09. The second-order valence-corrected chi connectivity index (χ2v) is 6.17. The Balaban J connectivity index is 1.79. The van der Waals surface area contributed by atoms with E-state index in [0.717, 1.165) is 36.6 Å². The van der Waals surface area contributed by atoms with E-state index in [9.17, 15) is 0 Å². The van der Waals surface area contributed by atoms with Gasteiger partial charge in [0.05, 0.1) is 12.8 Å². The molecule has 0 unspecified atom stereocenters. The van der Waals surface area contributed by atoms with Crippen molar-refractivity contribution < 1.29 is 9.37 Å². The maximum absolute atomic E-state index is 5.43. The minimum atomic E-state index is 0.380. The third-order valence-electron chi connectivity index (χ3n) is 4.53. The average Bonchev–Trinajstić information content (AvgIpc) is 3.09. The van der Waals surface area contributed by atoms with E-state index in [-0.39, 0.29) is 0 Å². The van der Waals surface area contributed by atoms with E-state index in [4.69, 9.17) is 9.37 Å². The van der Waals surface area contributed by atoms with Gasteiger partial charge in [0.1, 0.15) is 5.75 Å². The Morgan fingerprint density at radius 3 is 2.76 bits per heavy atom. The summed E-state index contributed by atoms with van der Waals surface area (Å²) in [6.07, 6.45) is 3.49. The zero-order chi connectivity index (χ0) is 17.2. The summed E-state index contributed by atoms with van der Waals surface area (Å²) in [5.41, 5.74) is 1.62. The van der Waals surface area contributed by atoms with E-state index in [1.807, 2.05) is 24.3 Å². The number of piperidine rings is 1. The third kappa shape index (κ3) is 2.95. The molecule has 0 amide bonds. The highest BCUT2D eigenvalue weighted by Crippen LogP contribution is 2.34. The Morgan fingerprint density at radius 1 is 1.16 bits per heavy atom. The van der Waals surface area contributed by atoms with E-state index in [0.29, 0.717) is 23.2 Å². The molecular formula is C17H20N6O2. The van der Waals surface area contributed by atoms with Gasteiger partial charge in [-0.2, -0.15) is 0 Å². The predicted octanol–water partition coefficient (Wildman–Crippen LogP) is 3.14. The second kappa shape index (κ2) is 6.54. The first-order chi connectivity index (χ1) is 12.3. The molecule has 1 atom stereocenters. The molecule has 1 aliphatic rings. The Bertz CT molecular complexity index is 880. The minimum Gasteiger partial charge on any atom is -0.495 e. The number of rotatable bonds is 4. The lowest BCUT2D eigenvalue weighted by atomic mass is 10.0. The number of methoxy groups -OCH3 is 1. The summed E-state index contributed by atoms with van der Waals surface area (Å²) in [6, 6.07) is 8.09. The summed E-state index contributed by atoms with van der Waals surface area (Å²) in [4.78, 5) is 11.5. The van der Waals surface area contributed by atoms with Crippen molar-refractivity contribution >= 4 is 28.6 Å². The molecule has 2 aromatic heterocycles. The van der Waals surface area contributed by atoms with Crippen LogP contribution in [0.1, 0.15) is 26.2 Å². The number of fused-ring (bicyclic) bond motifs is 1. The van der Waals surface area contributed by atoms with Crippen molar-refractivity contribution in [1.29, 1.82) is 0 Å². The van der Waals surface area contributed by atoms with Gasteiger partial charge >= 0.3 is 0 Å². The van der Waals surface area contributed by atoms with Gasteiger partial charge in [-0.3, -0.25) is 0 Å². The molecule has 0 saturated carbocycles. The highest BCUT2D eigenvalue weighted by Gasteiger charge is 2.25. The van der Waals surface area contributed by atoms with Crippen molar-refractivity contribution in [3.8, 4) is 5.75 Å². The van der Waals surface area contributed by atoms with Crippen LogP contribution in [0.3, 0.4) is 0 Å². The summed E-state index contributed by atoms with van der Waals surface area (Å²) in [5.74, 6) is 2.13. The molecule has 1 aromatic carbocycles. The summed E-state index contributed by atoms with van der Waals surface area (Å²) in [6.45, 7) is 3.15. The number of aromatic nitrogens is 4. The number of nitrogens with one attached hydrogen (secondary N) is 1. The van der Waals surface area contributed by atoms with Crippen LogP contribution in [-0.4, -0.2) is 40.0 Å². The predicted molar refractivity (Wildman–Crippen MR) is 94.3 cm³/mol. The first-order valence-corrected chi connectivity index (χ1v) is 8.43. The van der Waals surface area contributed by atoms with Crippen molar-refractivity contribution in [2.75, 3.05) is 23.9 Å². The number of para-hydroxylation sites is 2. The molecule has 25 heavy (non-hydrogen) atoms. The number of anilines is 3. The SMILES string of the molecule is COc1ccccc1Nc1nc2nonc2nc1N1CCCC[C@H]1C. The Hall–Kier alpha value is -2.90. The Labute approximate surface area is 145 Å². The van der Waals surface area contributed by atoms with Gasteiger partial charge in [-0.15, -0.1) is 0 Å². The van der Waals surface area contributed by atoms with Crippen LogP contribution < -0.4 is 15.0 Å². The molecule has 3 aromatic rings. The lowest BCUT2D eigenvalue weighted by molar-refractivity contribution is 0.314. The van der Waals surface area contributed by atoms with E-state index in [2.05, 4.69) is 37.4 Å². The lowest BCUT2D eigenvalue weighted by Gasteiger charge is -2.35. The first-order valence-electron chi connectivity index (χ1n) is 8.43.